The van der Waals surface area contributed by atoms with Crippen molar-refractivity contribution in [2.45, 2.75) is 66.2 Å². The summed E-state index contributed by atoms with van der Waals surface area (Å²) >= 11 is 0. The number of carbonyl (C=O) groups excluding carboxylic acids is 1. The van der Waals surface area contributed by atoms with E-state index in [1.165, 1.54) is 6.92 Å². The Morgan fingerprint density at radius 1 is 1.25 bits per heavy atom. The summed E-state index contributed by atoms with van der Waals surface area (Å²) in [4.78, 5) is 22.8. The maximum atomic E-state index is 11.2. The molecule has 6 heteroatoms. The van der Waals surface area contributed by atoms with Crippen LogP contribution < -0.4 is 10.1 Å². The largest absolute Gasteiger partial charge is 0.497 e. The van der Waals surface area contributed by atoms with Crippen LogP contribution in [0.15, 0.2) is 24.4 Å². The van der Waals surface area contributed by atoms with Crippen LogP contribution in [0.2, 0.25) is 0 Å². The van der Waals surface area contributed by atoms with E-state index in [9.17, 15) is 4.79 Å². The highest BCUT2D eigenvalue weighted by atomic mass is 17.2. The standard InChI is InChI=1S/C22H34N2O4/c1-15(2)12-21(27-28-22(4,5)6)24-14-17(10-11-23-16(3)25)19-13-18(26-7)8-9-20(19)24/h8-9,13-15,21H,10-12H2,1-7H3,(H,23,25). The Labute approximate surface area is 168 Å². The van der Waals surface area contributed by atoms with Crippen molar-refractivity contribution in [1.29, 1.82) is 0 Å². The van der Waals surface area contributed by atoms with Gasteiger partial charge < -0.3 is 14.6 Å². The average Bonchev–Trinajstić information content (AvgIpc) is 2.95. The van der Waals surface area contributed by atoms with Gasteiger partial charge in [0.25, 0.3) is 0 Å². The number of nitrogens with one attached hydrogen (secondary N) is 1. The molecule has 1 atom stereocenters. The molecule has 1 heterocycles. The van der Waals surface area contributed by atoms with E-state index in [0.717, 1.165) is 35.1 Å². The van der Waals surface area contributed by atoms with E-state index in [1.54, 1.807) is 7.11 Å². The van der Waals surface area contributed by atoms with Crippen LogP contribution >= 0.6 is 0 Å². The van der Waals surface area contributed by atoms with Gasteiger partial charge in [-0.05, 0) is 63.3 Å². The number of hydrogen-bond acceptors (Lipinski definition) is 4. The molecule has 1 unspecified atom stereocenters. The minimum Gasteiger partial charge on any atom is -0.497 e. The normalized spacial score (nSPS) is 13.1. The Bertz CT molecular complexity index is 790. The number of nitrogens with zero attached hydrogens (tertiary/aromatic N) is 1. The molecule has 1 aromatic heterocycles. The number of ether oxygens (including phenoxy) is 1. The molecule has 156 valence electrons. The van der Waals surface area contributed by atoms with Crippen LogP contribution in [0.3, 0.4) is 0 Å². The molecule has 2 aromatic rings. The summed E-state index contributed by atoms with van der Waals surface area (Å²) in [5.41, 5.74) is 1.80. The molecular weight excluding hydrogens is 356 g/mol. The van der Waals surface area contributed by atoms with Crippen LogP contribution in [0.25, 0.3) is 10.9 Å². The van der Waals surface area contributed by atoms with Gasteiger partial charge in [-0.1, -0.05) is 13.8 Å². The summed E-state index contributed by atoms with van der Waals surface area (Å²) in [5.74, 6) is 1.21. The van der Waals surface area contributed by atoms with Crippen LogP contribution in [-0.2, 0) is 21.0 Å². The lowest BCUT2D eigenvalue weighted by Gasteiger charge is -2.26. The van der Waals surface area contributed by atoms with Gasteiger partial charge >= 0.3 is 0 Å². The van der Waals surface area contributed by atoms with E-state index in [4.69, 9.17) is 14.5 Å². The number of rotatable bonds is 9. The molecule has 6 nitrogen and oxygen atoms in total. The van der Waals surface area contributed by atoms with Crippen LogP contribution in [0.5, 0.6) is 5.75 Å². The molecule has 0 fully saturated rings. The first-order chi connectivity index (χ1) is 13.1. The number of hydrogen-bond donors (Lipinski definition) is 1. The zero-order chi connectivity index (χ0) is 20.9. The summed E-state index contributed by atoms with van der Waals surface area (Å²) in [7, 11) is 1.66. The van der Waals surface area contributed by atoms with Gasteiger partial charge in [-0.2, -0.15) is 0 Å². The lowest BCUT2D eigenvalue weighted by molar-refractivity contribution is -0.390. The van der Waals surface area contributed by atoms with E-state index in [-0.39, 0.29) is 12.1 Å². The van der Waals surface area contributed by atoms with Crippen LogP contribution in [-0.4, -0.2) is 29.7 Å². The number of benzene rings is 1. The summed E-state index contributed by atoms with van der Waals surface area (Å²) in [6.45, 7) is 12.4. The molecule has 0 aliphatic rings. The molecule has 0 radical (unpaired) electrons. The molecule has 0 saturated heterocycles. The zero-order valence-corrected chi connectivity index (χ0v) is 18.2. The summed E-state index contributed by atoms with van der Waals surface area (Å²) < 4.78 is 7.54. The van der Waals surface area contributed by atoms with Crippen molar-refractivity contribution in [3.8, 4) is 5.75 Å². The fourth-order valence-corrected chi connectivity index (χ4v) is 3.04. The summed E-state index contributed by atoms with van der Waals surface area (Å²) in [5, 5.41) is 3.96. The Kier molecular flexibility index (Phi) is 7.49. The average molecular weight is 391 g/mol. The van der Waals surface area contributed by atoms with Gasteiger partial charge in [0.05, 0.1) is 18.2 Å². The lowest BCUT2D eigenvalue weighted by Crippen LogP contribution is -2.24. The molecule has 0 aliphatic carbocycles. The quantitative estimate of drug-likeness (QED) is 0.501. The molecule has 0 spiro atoms. The van der Waals surface area contributed by atoms with Crippen molar-refractivity contribution in [3.63, 3.8) is 0 Å². The minimum absolute atomic E-state index is 0.0269. The molecule has 28 heavy (non-hydrogen) atoms. The Morgan fingerprint density at radius 3 is 2.54 bits per heavy atom. The van der Waals surface area contributed by atoms with E-state index >= 15 is 0 Å². The van der Waals surface area contributed by atoms with Crippen molar-refractivity contribution in [2.24, 2.45) is 5.92 Å². The molecular formula is C22H34N2O4. The van der Waals surface area contributed by atoms with Crippen LogP contribution in [0, 0.1) is 5.92 Å². The molecule has 1 amide bonds. The SMILES string of the molecule is COc1ccc2c(c1)c(CCNC(C)=O)cn2C(CC(C)C)OOC(C)(C)C. The van der Waals surface area contributed by atoms with Gasteiger partial charge in [-0.3, -0.25) is 4.79 Å². The van der Waals surface area contributed by atoms with Gasteiger partial charge in [0, 0.05) is 25.1 Å². The first-order valence-corrected chi connectivity index (χ1v) is 9.87. The van der Waals surface area contributed by atoms with Crippen LogP contribution in [0.1, 0.15) is 59.8 Å². The smallest absolute Gasteiger partial charge is 0.216 e. The summed E-state index contributed by atoms with van der Waals surface area (Å²) in [6.07, 6.45) is 3.40. The molecule has 1 aromatic carbocycles. The predicted octanol–water partition coefficient (Wildman–Crippen LogP) is 4.62. The maximum absolute atomic E-state index is 11.2. The monoisotopic (exact) mass is 390 g/mol. The Balaban J connectivity index is 2.42. The molecule has 1 N–H and O–H groups in total. The van der Waals surface area contributed by atoms with Gasteiger partial charge in [0.15, 0.2) is 6.23 Å². The molecule has 0 bridgehead atoms. The molecule has 0 aliphatic heterocycles. The number of methoxy groups -OCH3 is 1. The third kappa shape index (κ3) is 6.24. The van der Waals surface area contributed by atoms with Gasteiger partial charge in [0.2, 0.25) is 5.91 Å². The van der Waals surface area contributed by atoms with Crippen molar-refractivity contribution in [3.05, 3.63) is 30.0 Å². The van der Waals surface area contributed by atoms with Crippen LogP contribution in [0.4, 0.5) is 0 Å². The van der Waals surface area contributed by atoms with Crippen molar-refractivity contribution >= 4 is 16.8 Å². The highest BCUT2D eigenvalue weighted by molar-refractivity contribution is 5.85. The number of aromatic nitrogens is 1. The highest BCUT2D eigenvalue weighted by Gasteiger charge is 2.22. The van der Waals surface area contributed by atoms with Gasteiger partial charge in [-0.25, -0.2) is 9.78 Å². The number of amides is 1. The summed E-state index contributed by atoms with van der Waals surface area (Å²) in [6, 6.07) is 6.03. The second-order valence-electron chi connectivity index (χ2n) is 8.55. The number of carbonyl (C=O) groups is 1. The van der Waals surface area contributed by atoms with Crippen molar-refractivity contribution in [2.75, 3.05) is 13.7 Å². The highest BCUT2D eigenvalue weighted by Crippen LogP contribution is 2.32. The second-order valence-corrected chi connectivity index (χ2v) is 8.55. The third-order valence-corrected chi connectivity index (χ3v) is 4.28. The second kappa shape index (κ2) is 9.43. The minimum atomic E-state index is -0.393. The van der Waals surface area contributed by atoms with Crippen molar-refractivity contribution < 1.29 is 19.3 Å². The van der Waals surface area contributed by atoms with E-state index in [2.05, 4.69) is 29.9 Å². The topological polar surface area (TPSA) is 61.7 Å². The van der Waals surface area contributed by atoms with Gasteiger partial charge in [0.1, 0.15) is 5.75 Å². The molecule has 0 saturated carbocycles. The zero-order valence-electron chi connectivity index (χ0n) is 18.2. The first kappa shape index (κ1) is 22.2. The fraction of sp³-hybridized carbons (Fsp3) is 0.591. The third-order valence-electron chi connectivity index (χ3n) is 4.28. The van der Waals surface area contributed by atoms with E-state index in [0.29, 0.717) is 12.5 Å². The lowest BCUT2D eigenvalue weighted by atomic mass is 10.1. The fourth-order valence-electron chi connectivity index (χ4n) is 3.04. The van der Waals surface area contributed by atoms with Gasteiger partial charge in [-0.15, -0.1) is 0 Å². The Hall–Kier alpha value is -2.05. The first-order valence-electron chi connectivity index (χ1n) is 9.87. The van der Waals surface area contributed by atoms with Crippen molar-refractivity contribution in [1.82, 2.24) is 9.88 Å². The maximum Gasteiger partial charge on any atom is 0.216 e. The van der Waals surface area contributed by atoms with E-state index < -0.39 is 5.60 Å². The Morgan fingerprint density at radius 2 is 1.96 bits per heavy atom. The molecule has 2 rings (SSSR count). The predicted molar refractivity (Wildman–Crippen MR) is 111 cm³/mol. The number of fused-ring (bicyclic) bond motifs is 1. The van der Waals surface area contributed by atoms with E-state index in [1.807, 2.05) is 39.0 Å².